The summed E-state index contributed by atoms with van der Waals surface area (Å²) in [6.45, 7) is 0.516. The molecule has 124 valence electrons. The van der Waals surface area contributed by atoms with Gasteiger partial charge < -0.3 is 4.90 Å². The lowest BCUT2D eigenvalue weighted by molar-refractivity contribution is 0.0785. The van der Waals surface area contributed by atoms with Crippen LogP contribution in [-0.2, 0) is 6.54 Å². The van der Waals surface area contributed by atoms with Gasteiger partial charge in [-0.05, 0) is 35.4 Å². The third kappa shape index (κ3) is 3.14. The van der Waals surface area contributed by atoms with E-state index in [1.165, 1.54) is 11.7 Å². The van der Waals surface area contributed by atoms with Crippen molar-refractivity contribution in [2.24, 2.45) is 0 Å². The molecule has 0 aliphatic carbocycles. The highest BCUT2D eigenvalue weighted by molar-refractivity contribution is 7.00. The van der Waals surface area contributed by atoms with E-state index in [0.29, 0.717) is 12.1 Å². The number of H-pyrrole nitrogens is 1. The monoisotopic (exact) mass is 349 g/mol. The topological polar surface area (TPSA) is 74.8 Å². The summed E-state index contributed by atoms with van der Waals surface area (Å²) in [5, 5.41) is 6.74. The van der Waals surface area contributed by atoms with Crippen LogP contribution in [0.15, 0.2) is 54.9 Å². The molecule has 0 aliphatic rings. The molecule has 0 radical (unpaired) electrons. The van der Waals surface area contributed by atoms with E-state index < -0.39 is 0 Å². The van der Waals surface area contributed by atoms with Crippen molar-refractivity contribution in [2.45, 2.75) is 6.54 Å². The molecular formula is C18H15N5OS. The number of hydrogen-bond donors (Lipinski definition) is 1. The van der Waals surface area contributed by atoms with Crippen molar-refractivity contribution in [1.29, 1.82) is 0 Å². The first-order valence-corrected chi connectivity index (χ1v) is 8.49. The average Bonchev–Trinajstić information content (AvgIpc) is 3.32. The SMILES string of the molecule is CN(Cc1ccc2nsnc2c1)C(=O)c1cccc(-c2cn[nH]c2)c1. The van der Waals surface area contributed by atoms with Crippen molar-refractivity contribution in [2.75, 3.05) is 7.05 Å². The van der Waals surface area contributed by atoms with Gasteiger partial charge in [-0.2, -0.15) is 13.8 Å². The number of fused-ring (bicyclic) bond motifs is 1. The Morgan fingerprint density at radius 2 is 2.00 bits per heavy atom. The van der Waals surface area contributed by atoms with Gasteiger partial charge in [0.2, 0.25) is 0 Å². The molecule has 6 nitrogen and oxygen atoms in total. The molecule has 2 aromatic heterocycles. The lowest BCUT2D eigenvalue weighted by atomic mass is 10.1. The van der Waals surface area contributed by atoms with Crippen molar-refractivity contribution >= 4 is 28.7 Å². The highest BCUT2D eigenvalue weighted by atomic mass is 32.1. The summed E-state index contributed by atoms with van der Waals surface area (Å²) >= 11 is 1.20. The maximum absolute atomic E-state index is 12.8. The highest BCUT2D eigenvalue weighted by Crippen LogP contribution is 2.20. The summed E-state index contributed by atoms with van der Waals surface area (Å²) < 4.78 is 8.45. The second-order valence-electron chi connectivity index (χ2n) is 5.82. The van der Waals surface area contributed by atoms with Crippen LogP contribution in [0.1, 0.15) is 15.9 Å². The van der Waals surface area contributed by atoms with E-state index in [1.807, 2.05) is 48.7 Å². The van der Waals surface area contributed by atoms with Crippen LogP contribution in [0.3, 0.4) is 0 Å². The summed E-state index contributed by atoms with van der Waals surface area (Å²) in [5.74, 6) is -0.0261. The second-order valence-corrected chi connectivity index (χ2v) is 6.34. The number of aromatic nitrogens is 4. The summed E-state index contributed by atoms with van der Waals surface area (Å²) in [6.07, 6.45) is 3.55. The molecule has 0 bridgehead atoms. The first-order chi connectivity index (χ1) is 12.2. The third-order valence-corrected chi connectivity index (χ3v) is 4.58. The number of amides is 1. The van der Waals surface area contributed by atoms with Crippen molar-refractivity contribution in [3.63, 3.8) is 0 Å². The zero-order chi connectivity index (χ0) is 17.2. The van der Waals surface area contributed by atoms with Gasteiger partial charge in [0.15, 0.2) is 0 Å². The van der Waals surface area contributed by atoms with E-state index in [9.17, 15) is 4.79 Å². The van der Waals surface area contributed by atoms with Gasteiger partial charge in [-0.15, -0.1) is 0 Å². The Morgan fingerprint density at radius 1 is 1.12 bits per heavy atom. The molecule has 0 saturated heterocycles. The number of carbonyl (C=O) groups is 1. The van der Waals surface area contributed by atoms with Crippen molar-refractivity contribution in [3.8, 4) is 11.1 Å². The number of aromatic amines is 1. The van der Waals surface area contributed by atoms with E-state index in [2.05, 4.69) is 18.9 Å². The zero-order valence-electron chi connectivity index (χ0n) is 13.5. The predicted molar refractivity (Wildman–Crippen MR) is 97.2 cm³/mol. The smallest absolute Gasteiger partial charge is 0.253 e. The lowest BCUT2D eigenvalue weighted by Crippen LogP contribution is -2.26. The zero-order valence-corrected chi connectivity index (χ0v) is 14.3. The molecule has 0 atom stereocenters. The number of carbonyl (C=O) groups excluding carboxylic acids is 1. The van der Waals surface area contributed by atoms with Gasteiger partial charge >= 0.3 is 0 Å². The summed E-state index contributed by atoms with van der Waals surface area (Å²) in [7, 11) is 1.80. The number of hydrogen-bond acceptors (Lipinski definition) is 5. The minimum absolute atomic E-state index is 0.0261. The largest absolute Gasteiger partial charge is 0.337 e. The second kappa shape index (κ2) is 6.45. The van der Waals surface area contributed by atoms with Gasteiger partial charge in [-0.1, -0.05) is 18.2 Å². The molecule has 0 unspecified atom stereocenters. The Morgan fingerprint density at radius 3 is 2.84 bits per heavy atom. The van der Waals surface area contributed by atoms with Crippen LogP contribution in [-0.4, -0.2) is 36.8 Å². The average molecular weight is 349 g/mol. The molecule has 1 N–H and O–H groups in total. The molecule has 0 saturated carbocycles. The van der Waals surface area contributed by atoms with Gasteiger partial charge in [-0.25, -0.2) is 0 Å². The fourth-order valence-corrected chi connectivity index (χ4v) is 3.25. The summed E-state index contributed by atoms with van der Waals surface area (Å²) in [5.41, 5.74) is 5.35. The molecule has 2 heterocycles. The lowest BCUT2D eigenvalue weighted by Gasteiger charge is -2.17. The first-order valence-electron chi connectivity index (χ1n) is 7.76. The van der Waals surface area contributed by atoms with E-state index in [1.54, 1.807) is 18.1 Å². The minimum atomic E-state index is -0.0261. The Balaban J connectivity index is 1.54. The molecule has 0 fully saturated rings. The standard InChI is InChI=1S/C18H15N5OS/c1-23(11-12-5-6-16-17(7-12)22-25-21-16)18(24)14-4-2-3-13(8-14)15-9-19-20-10-15/h2-10H,11H2,1H3,(H,19,20). The maximum Gasteiger partial charge on any atom is 0.253 e. The molecular weight excluding hydrogens is 334 g/mol. The Bertz CT molecular complexity index is 1020. The van der Waals surface area contributed by atoms with E-state index in [0.717, 1.165) is 27.7 Å². The van der Waals surface area contributed by atoms with Crippen LogP contribution >= 0.6 is 11.7 Å². The fraction of sp³-hybridized carbons (Fsp3) is 0.111. The molecule has 4 aromatic rings. The molecule has 1 amide bonds. The van der Waals surface area contributed by atoms with Gasteiger partial charge in [0, 0.05) is 30.9 Å². The molecule has 0 aliphatic heterocycles. The fourth-order valence-electron chi connectivity index (χ4n) is 2.73. The van der Waals surface area contributed by atoms with E-state index in [4.69, 9.17) is 0 Å². The van der Waals surface area contributed by atoms with E-state index in [-0.39, 0.29) is 5.91 Å². The third-order valence-electron chi connectivity index (χ3n) is 4.03. The van der Waals surface area contributed by atoms with Crippen LogP contribution in [0.25, 0.3) is 22.2 Å². The minimum Gasteiger partial charge on any atom is -0.337 e. The Labute approximate surface area is 148 Å². The predicted octanol–water partition coefficient (Wildman–Crippen LogP) is 3.35. The molecule has 2 aromatic carbocycles. The van der Waals surface area contributed by atoms with E-state index >= 15 is 0 Å². The molecule has 25 heavy (non-hydrogen) atoms. The van der Waals surface area contributed by atoms with Gasteiger partial charge in [-0.3, -0.25) is 9.89 Å². The van der Waals surface area contributed by atoms with Crippen LogP contribution in [0.4, 0.5) is 0 Å². The van der Waals surface area contributed by atoms with Crippen molar-refractivity contribution in [3.05, 3.63) is 66.0 Å². The van der Waals surface area contributed by atoms with Gasteiger partial charge in [0.05, 0.1) is 17.9 Å². The highest BCUT2D eigenvalue weighted by Gasteiger charge is 2.14. The molecule has 7 heteroatoms. The maximum atomic E-state index is 12.8. The number of rotatable bonds is 4. The van der Waals surface area contributed by atoms with Crippen LogP contribution in [0.2, 0.25) is 0 Å². The normalized spacial score (nSPS) is 10.9. The Hall–Kier alpha value is -3.06. The first kappa shape index (κ1) is 15.5. The molecule has 4 rings (SSSR count). The quantitative estimate of drug-likeness (QED) is 0.613. The summed E-state index contributed by atoms with van der Waals surface area (Å²) in [6, 6.07) is 13.5. The number of benzene rings is 2. The van der Waals surface area contributed by atoms with Crippen molar-refractivity contribution < 1.29 is 4.79 Å². The van der Waals surface area contributed by atoms with Crippen LogP contribution < -0.4 is 0 Å². The molecule has 0 spiro atoms. The van der Waals surface area contributed by atoms with Crippen molar-refractivity contribution in [1.82, 2.24) is 23.8 Å². The number of nitrogens with one attached hydrogen (secondary N) is 1. The van der Waals surface area contributed by atoms with Gasteiger partial charge in [0.1, 0.15) is 11.0 Å². The van der Waals surface area contributed by atoms with Gasteiger partial charge in [0.25, 0.3) is 5.91 Å². The van der Waals surface area contributed by atoms with Crippen LogP contribution in [0.5, 0.6) is 0 Å². The van der Waals surface area contributed by atoms with Crippen LogP contribution in [0, 0.1) is 0 Å². The summed E-state index contributed by atoms with van der Waals surface area (Å²) in [4.78, 5) is 14.5. The number of nitrogens with zero attached hydrogens (tertiary/aromatic N) is 4. The Kier molecular flexibility index (Phi) is 3.99.